The lowest BCUT2D eigenvalue weighted by molar-refractivity contribution is 0.00578. The molecule has 2 aliphatic rings. The van der Waals surface area contributed by atoms with E-state index >= 15 is 0 Å². The predicted octanol–water partition coefficient (Wildman–Crippen LogP) is 1.80. The van der Waals surface area contributed by atoms with Crippen LogP contribution in [0.1, 0.15) is 52.3 Å². The number of aromatic nitrogens is 2. The highest BCUT2D eigenvalue weighted by Crippen LogP contribution is 2.37. The molecule has 6 heteroatoms. The third kappa shape index (κ3) is 2.10. The Morgan fingerprint density at radius 1 is 1.25 bits per heavy atom. The maximum Gasteiger partial charge on any atom is 0.514 e. The van der Waals surface area contributed by atoms with Crippen LogP contribution in [0.25, 0.3) is 0 Å². The molecule has 1 atom stereocenters. The largest absolute Gasteiger partial charge is 0.514 e. The van der Waals surface area contributed by atoms with E-state index in [1.165, 1.54) is 0 Å². The molecule has 0 aromatic carbocycles. The molecule has 2 aliphatic heterocycles. The van der Waals surface area contributed by atoms with Gasteiger partial charge in [-0.15, -0.1) is 0 Å². The van der Waals surface area contributed by atoms with E-state index < -0.39 is 0 Å². The van der Waals surface area contributed by atoms with Gasteiger partial charge in [0.25, 0.3) is 0 Å². The molecule has 5 nitrogen and oxygen atoms in total. The van der Waals surface area contributed by atoms with Crippen LogP contribution in [0.5, 0.6) is 0 Å². The summed E-state index contributed by atoms with van der Waals surface area (Å²) in [4.78, 5) is 0. The molecule has 0 N–H and O–H groups in total. The summed E-state index contributed by atoms with van der Waals surface area (Å²) in [6.45, 7) is 11.1. The van der Waals surface area contributed by atoms with Gasteiger partial charge >= 0.3 is 7.12 Å². The van der Waals surface area contributed by atoms with Crippen LogP contribution < -0.4 is 5.59 Å². The van der Waals surface area contributed by atoms with Crippen molar-refractivity contribution < 1.29 is 14.0 Å². The molecule has 2 saturated heterocycles. The summed E-state index contributed by atoms with van der Waals surface area (Å²) in [6, 6.07) is 0. The van der Waals surface area contributed by atoms with Crippen LogP contribution >= 0.6 is 0 Å². The molecule has 0 amide bonds. The fourth-order valence-electron chi connectivity index (χ4n) is 2.69. The summed E-state index contributed by atoms with van der Waals surface area (Å²) in [7, 11) is -0.383. The molecule has 0 aliphatic carbocycles. The van der Waals surface area contributed by atoms with E-state index in [1.807, 2.05) is 17.8 Å². The second kappa shape index (κ2) is 4.58. The molecular formula is C14H23BN2O3. The number of rotatable bonds is 2. The maximum absolute atomic E-state index is 6.15. The van der Waals surface area contributed by atoms with Gasteiger partial charge in [0.2, 0.25) is 0 Å². The van der Waals surface area contributed by atoms with Gasteiger partial charge in [0.1, 0.15) is 6.23 Å². The summed E-state index contributed by atoms with van der Waals surface area (Å²) < 4.78 is 20.0. The number of aryl methyl sites for hydroxylation is 1. The standard InChI is InChI=1S/C14H23BN2O3/c1-10-9-16-17(11-7-6-8-18-11)12(10)15-19-13(2,3)14(4,5)20-15/h9,11H,6-8H2,1-5H3. The van der Waals surface area contributed by atoms with E-state index in [9.17, 15) is 0 Å². The summed E-state index contributed by atoms with van der Waals surface area (Å²) in [5.74, 6) is 0. The Kier molecular flexibility index (Phi) is 3.23. The smallest absolute Gasteiger partial charge is 0.398 e. The third-order valence-electron chi connectivity index (χ3n) is 4.68. The maximum atomic E-state index is 6.15. The lowest BCUT2D eigenvalue weighted by atomic mass is 9.82. The van der Waals surface area contributed by atoms with E-state index in [0.717, 1.165) is 30.6 Å². The van der Waals surface area contributed by atoms with Crippen molar-refractivity contribution in [3.63, 3.8) is 0 Å². The molecule has 0 radical (unpaired) electrons. The zero-order chi connectivity index (χ0) is 14.5. The highest BCUT2D eigenvalue weighted by Gasteiger charge is 2.53. The Morgan fingerprint density at radius 2 is 1.90 bits per heavy atom. The molecule has 0 spiro atoms. The molecule has 3 heterocycles. The quantitative estimate of drug-likeness (QED) is 0.774. The minimum Gasteiger partial charge on any atom is -0.398 e. The Hall–Kier alpha value is -0.845. The minimum atomic E-state index is -0.383. The van der Waals surface area contributed by atoms with Crippen molar-refractivity contribution in [2.45, 2.75) is 64.9 Å². The van der Waals surface area contributed by atoms with Crippen molar-refractivity contribution in [1.29, 1.82) is 0 Å². The zero-order valence-electron chi connectivity index (χ0n) is 13.0. The average Bonchev–Trinajstić information content (AvgIpc) is 2.98. The fourth-order valence-corrected chi connectivity index (χ4v) is 2.69. The van der Waals surface area contributed by atoms with Crippen LogP contribution in [0.2, 0.25) is 0 Å². The highest BCUT2D eigenvalue weighted by atomic mass is 16.7. The molecule has 0 saturated carbocycles. The highest BCUT2D eigenvalue weighted by molar-refractivity contribution is 6.61. The summed E-state index contributed by atoms with van der Waals surface area (Å²) >= 11 is 0. The molecule has 2 fully saturated rings. The van der Waals surface area contributed by atoms with Crippen LogP contribution in [0, 0.1) is 6.92 Å². The first kappa shape index (κ1) is 14.1. The number of hydrogen-bond donors (Lipinski definition) is 0. The van der Waals surface area contributed by atoms with E-state index in [4.69, 9.17) is 14.0 Å². The van der Waals surface area contributed by atoms with Crippen molar-refractivity contribution in [2.75, 3.05) is 6.61 Å². The summed E-state index contributed by atoms with van der Waals surface area (Å²) in [5.41, 5.74) is 1.39. The van der Waals surface area contributed by atoms with Gasteiger partial charge < -0.3 is 14.0 Å². The third-order valence-corrected chi connectivity index (χ3v) is 4.68. The van der Waals surface area contributed by atoms with Gasteiger partial charge in [0.05, 0.1) is 23.0 Å². The lowest BCUT2D eigenvalue weighted by Gasteiger charge is -2.32. The Labute approximate surface area is 120 Å². The van der Waals surface area contributed by atoms with Crippen LogP contribution in [-0.2, 0) is 14.0 Å². The van der Waals surface area contributed by atoms with Gasteiger partial charge in [0.15, 0.2) is 0 Å². The van der Waals surface area contributed by atoms with Gasteiger partial charge in [-0.3, -0.25) is 0 Å². The number of nitrogens with zero attached hydrogens (tertiary/aromatic N) is 2. The molecule has 110 valence electrons. The summed E-state index contributed by atoms with van der Waals surface area (Å²) in [5, 5.41) is 4.47. The first-order valence-corrected chi connectivity index (χ1v) is 7.33. The first-order valence-electron chi connectivity index (χ1n) is 7.33. The topological polar surface area (TPSA) is 45.5 Å². The van der Waals surface area contributed by atoms with E-state index in [0.29, 0.717) is 0 Å². The van der Waals surface area contributed by atoms with E-state index in [1.54, 1.807) is 0 Å². The molecule has 3 rings (SSSR count). The van der Waals surface area contributed by atoms with Crippen LogP contribution in [0.4, 0.5) is 0 Å². The normalized spacial score (nSPS) is 28.2. The fraction of sp³-hybridized carbons (Fsp3) is 0.786. The zero-order valence-corrected chi connectivity index (χ0v) is 13.0. The average molecular weight is 278 g/mol. The second-order valence-electron chi connectivity index (χ2n) is 6.71. The van der Waals surface area contributed by atoms with Crippen molar-refractivity contribution in [3.05, 3.63) is 11.8 Å². The predicted molar refractivity (Wildman–Crippen MR) is 76.9 cm³/mol. The minimum absolute atomic E-state index is 0.0118. The Morgan fingerprint density at radius 3 is 2.45 bits per heavy atom. The monoisotopic (exact) mass is 278 g/mol. The SMILES string of the molecule is Cc1cnn(C2CCCO2)c1B1OC(C)(C)C(C)(C)O1. The molecule has 0 bridgehead atoms. The van der Waals surface area contributed by atoms with Gasteiger partial charge in [-0.25, -0.2) is 4.68 Å². The lowest BCUT2D eigenvalue weighted by Crippen LogP contribution is -2.42. The number of hydrogen-bond acceptors (Lipinski definition) is 4. The number of ether oxygens (including phenoxy) is 1. The van der Waals surface area contributed by atoms with Crippen molar-refractivity contribution in [2.24, 2.45) is 0 Å². The first-order chi connectivity index (χ1) is 9.32. The van der Waals surface area contributed by atoms with Gasteiger partial charge in [-0.2, -0.15) is 5.10 Å². The molecular weight excluding hydrogens is 255 g/mol. The second-order valence-corrected chi connectivity index (χ2v) is 6.71. The molecule has 1 aromatic rings. The Balaban J connectivity index is 1.93. The van der Waals surface area contributed by atoms with Crippen molar-refractivity contribution in [1.82, 2.24) is 9.78 Å². The van der Waals surface area contributed by atoms with Crippen molar-refractivity contribution in [3.8, 4) is 0 Å². The van der Waals surface area contributed by atoms with E-state index in [2.05, 4.69) is 32.8 Å². The van der Waals surface area contributed by atoms with Crippen molar-refractivity contribution >= 4 is 12.7 Å². The molecule has 1 aromatic heterocycles. The van der Waals surface area contributed by atoms with Crippen LogP contribution in [-0.4, -0.2) is 34.7 Å². The Bertz CT molecular complexity index is 491. The molecule has 20 heavy (non-hydrogen) atoms. The van der Waals surface area contributed by atoms with Crippen LogP contribution in [0.3, 0.4) is 0 Å². The molecule has 1 unspecified atom stereocenters. The van der Waals surface area contributed by atoms with Gasteiger partial charge in [-0.1, -0.05) is 0 Å². The summed E-state index contributed by atoms with van der Waals surface area (Å²) in [6.07, 6.45) is 3.94. The van der Waals surface area contributed by atoms with Gasteiger partial charge in [-0.05, 0) is 53.0 Å². The van der Waals surface area contributed by atoms with Crippen LogP contribution in [0.15, 0.2) is 6.20 Å². The van der Waals surface area contributed by atoms with Gasteiger partial charge in [0, 0.05) is 6.61 Å². The van der Waals surface area contributed by atoms with E-state index in [-0.39, 0.29) is 24.5 Å².